The van der Waals surface area contributed by atoms with Gasteiger partial charge in [-0.2, -0.15) is 0 Å². The lowest BCUT2D eigenvalue weighted by molar-refractivity contribution is 0.199. The lowest BCUT2D eigenvalue weighted by Gasteiger charge is -2.05. The second kappa shape index (κ2) is 4.64. The molecule has 1 unspecified atom stereocenters. The molecule has 3 rings (SSSR count). The fourth-order valence-electron chi connectivity index (χ4n) is 2.08. The van der Waals surface area contributed by atoms with E-state index in [0.29, 0.717) is 10.7 Å². The molecule has 19 heavy (non-hydrogen) atoms. The summed E-state index contributed by atoms with van der Waals surface area (Å²) in [5.41, 5.74) is 9.74. The van der Waals surface area contributed by atoms with Crippen LogP contribution in [0.2, 0.25) is 0 Å². The average Bonchev–Trinajstić information content (AvgIpc) is 2.85. The summed E-state index contributed by atoms with van der Waals surface area (Å²) in [7, 11) is 0. The monoisotopic (exact) mass is 270 g/mol. The van der Waals surface area contributed by atoms with Crippen LogP contribution in [0, 0.1) is 0 Å². The summed E-state index contributed by atoms with van der Waals surface area (Å²) < 4.78 is 1.01. The van der Waals surface area contributed by atoms with Crippen molar-refractivity contribution in [2.45, 2.75) is 13.0 Å². The molecule has 0 amide bonds. The molecule has 0 saturated carbocycles. The molecule has 1 heterocycles. The molecule has 0 spiro atoms. The van der Waals surface area contributed by atoms with Crippen molar-refractivity contribution in [3.63, 3.8) is 0 Å². The van der Waals surface area contributed by atoms with E-state index >= 15 is 0 Å². The van der Waals surface area contributed by atoms with Gasteiger partial charge in [0.25, 0.3) is 0 Å². The Labute approximate surface area is 115 Å². The molecule has 0 bridgehead atoms. The Morgan fingerprint density at radius 3 is 2.58 bits per heavy atom. The molecule has 0 aliphatic rings. The maximum atomic E-state index is 9.61. The lowest BCUT2D eigenvalue weighted by Crippen LogP contribution is -1.93. The Morgan fingerprint density at radius 1 is 1.16 bits per heavy atom. The van der Waals surface area contributed by atoms with Crippen molar-refractivity contribution in [2.24, 2.45) is 0 Å². The summed E-state index contributed by atoms with van der Waals surface area (Å²) >= 11 is 1.48. The minimum Gasteiger partial charge on any atom is -0.396 e. The fourth-order valence-corrected chi connectivity index (χ4v) is 3.00. The molecule has 0 saturated heterocycles. The zero-order valence-electron chi connectivity index (χ0n) is 10.5. The van der Waals surface area contributed by atoms with Gasteiger partial charge in [0, 0.05) is 5.56 Å². The topological polar surface area (TPSA) is 59.1 Å². The maximum absolute atomic E-state index is 9.61. The first-order chi connectivity index (χ1) is 9.16. The smallest absolute Gasteiger partial charge is 0.122 e. The van der Waals surface area contributed by atoms with Crippen molar-refractivity contribution in [1.29, 1.82) is 0 Å². The summed E-state index contributed by atoms with van der Waals surface area (Å²) in [5, 5.41) is 10.3. The lowest BCUT2D eigenvalue weighted by atomic mass is 10.0. The predicted octanol–water partition coefficient (Wildman–Crippen LogP) is 3.60. The Hall–Kier alpha value is -1.91. The third-order valence-electron chi connectivity index (χ3n) is 3.06. The largest absolute Gasteiger partial charge is 0.396 e. The molecule has 3 N–H and O–H groups in total. The van der Waals surface area contributed by atoms with Crippen LogP contribution in [0.5, 0.6) is 0 Å². The second-order valence-electron chi connectivity index (χ2n) is 4.47. The molecule has 0 fully saturated rings. The van der Waals surface area contributed by atoms with Gasteiger partial charge in [-0.25, -0.2) is 4.98 Å². The van der Waals surface area contributed by atoms with E-state index in [9.17, 15) is 5.11 Å². The van der Waals surface area contributed by atoms with Crippen molar-refractivity contribution >= 4 is 27.2 Å². The average molecular weight is 270 g/mol. The van der Waals surface area contributed by atoms with E-state index in [-0.39, 0.29) is 0 Å². The van der Waals surface area contributed by atoms with Gasteiger partial charge in [-0.1, -0.05) is 36.4 Å². The van der Waals surface area contributed by atoms with Crippen LogP contribution in [-0.4, -0.2) is 10.1 Å². The van der Waals surface area contributed by atoms with Crippen LogP contribution in [0.3, 0.4) is 0 Å². The van der Waals surface area contributed by atoms with E-state index in [1.54, 1.807) is 6.92 Å². The number of anilines is 1. The number of hydrogen-bond acceptors (Lipinski definition) is 4. The molecule has 2 aromatic carbocycles. The predicted molar refractivity (Wildman–Crippen MR) is 80.1 cm³/mol. The number of benzene rings is 2. The highest BCUT2D eigenvalue weighted by Gasteiger charge is 2.13. The highest BCUT2D eigenvalue weighted by Crippen LogP contribution is 2.35. The Morgan fingerprint density at radius 2 is 1.89 bits per heavy atom. The van der Waals surface area contributed by atoms with Gasteiger partial charge in [-0.05, 0) is 18.6 Å². The zero-order chi connectivity index (χ0) is 13.4. The van der Waals surface area contributed by atoms with Crippen molar-refractivity contribution in [1.82, 2.24) is 4.98 Å². The van der Waals surface area contributed by atoms with Crippen LogP contribution in [0.1, 0.15) is 18.0 Å². The Balaban J connectivity index is 2.21. The number of fused-ring (bicyclic) bond motifs is 1. The van der Waals surface area contributed by atoms with Gasteiger partial charge in [-0.3, -0.25) is 0 Å². The molecular formula is C15H14N2OS. The number of aromatic nitrogens is 1. The summed E-state index contributed by atoms with van der Waals surface area (Å²) in [6, 6.07) is 14.0. The van der Waals surface area contributed by atoms with Gasteiger partial charge in [0.05, 0.1) is 10.4 Å². The van der Waals surface area contributed by atoms with Crippen molar-refractivity contribution in [3.05, 3.63) is 47.5 Å². The quantitative estimate of drug-likeness (QED) is 0.699. The molecule has 1 atom stereocenters. The highest BCUT2D eigenvalue weighted by molar-refractivity contribution is 7.18. The molecule has 0 aliphatic carbocycles. The van der Waals surface area contributed by atoms with Crippen LogP contribution in [0.4, 0.5) is 5.69 Å². The summed E-state index contributed by atoms with van der Waals surface area (Å²) in [4.78, 5) is 4.44. The minimum atomic E-state index is -0.558. The van der Waals surface area contributed by atoms with Gasteiger partial charge in [-0.15, -0.1) is 11.3 Å². The molecule has 4 heteroatoms. The molecular weight excluding hydrogens is 256 g/mol. The number of aliphatic hydroxyl groups is 1. The first-order valence-electron chi connectivity index (χ1n) is 6.09. The second-order valence-corrected chi connectivity index (χ2v) is 5.53. The van der Waals surface area contributed by atoms with E-state index in [2.05, 4.69) is 4.98 Å². The molecule has 3 aromatic rings. The van der Waals surface area contributed by atoms with E-state index in [1.807, 2.05) is 42.5 Å². The Bertz CT molecular complexity index is 720. The molecule has 0 radical (unpaired) electrons. The van der Waals surface area contributed by atoms with E-state index in [4.69, 9.17) is 5.73 Å². The summed E-state index contributed by atoms with van der Waals surface area (Å²) in [6.07, 6.45) is -0.558. The number of aliphatic hydroxyl groups excluding tert-OH is 1. The number of nitrogens with two attached hydrogens (primary N) is 1. The minimum absolute atomic E-state index is 0.558. The summed E-state index contributed by atoms with van der Waals surface area (Å²) in [6.45, 7) is 1.71. The molecule has 3 nitrogen and oxygen atoms in total. The number of hydrogen-bond donors (Lipinski definition) is 2. The first kappa shape index (κ1) is 12.1. The van der Waals surface area contributed by atoms with Crippen molar-refractivity contribution < 1.29 is 5.11 Å². The third kappa shape index (κ3) is 2.09. The molecule has 1 aromatic heterocycles. The highest BCUT2D eigenvalue weighted by atomic mass is 32.1. The van der Waals surface area contributed by atoms with E-state index in [1.165, 1.54) is 11.3 Å². The normalized spacial score (nSPS) is 12.7. The Kier molecular flexibility index (Phi) is 2.97. The third-order valence-corrected chi connectivity index (χ3v) is 4.25. The molecule has 0 aliphatic heterocycles. The van der Waals surface area contributed by atoms with Gasteiger partial charge in [0.1, 0.15) is 16.6 Å². The standard InChI is InChI=1S/C15H14N2OS/c1-9(18)15-17-14-12(19-15)8-7-11(13(14)16)10-5-3-2-4-6-10/h2-9,18H,16H2,1H3. The zero-order valence-corrected chi connectivity index (χ0v) is 11.3. The van der Waals surface area contributed by atoms with E-state index < -0.39 is 6.10 Å². The number of nitrogens with zero attached hydrogens (tertiary/aromatic N) is 1. The van der Waals surface area contributed by atoms with Gasteiger partial charge >= 0.3 is 0 Å². The van der Waals surface area contributed by atoms with Gasteiger partial charge in [0.2, 0.25) is 0 Å². The van der Waals surface area contributed by atoms with Crippen molar-refractivity contribution in [3.8, 4) is 11.1 Å². The SMILES string of the molecule is CC(O)c1nc2c(N)c(-c3ccccc3)ccc2s1. The van der Waals surface area contributed by atoms with Crippen LogP contribution in [-0.2, 0) is 0 Å². The van der Waals surface area contributed by atoms with Crippen LogP contribution < -0.4 is 5.73 Å². The molecule has 96 valence electrons. The van der Waals surface area contributed by atoms with Gasteiger partial charge in [0.15, 0.2) is 0 Å². The van der Waals surface area contributed by atoms with Gasteiger partial charge < -0.3 is 10.8 Å². The van der Waals surface area contributed by atoms with Crippen LogP contribution in [0.15, 0.2) is 42.5 Å². The van der Waals surface area contributed by atoms with Crippen LogP contribution >= 0.6 is 11.3 Å². The maximum Gasteiger partial charge on any atom is 0.122 e. The number of rotatable bonds is 2. The van der Waals surface area contributed by atoms with E-state index in [0.717, 1.165) is 21.3 Å². The first-order valence-corrected chi connectivity index (χ1v) is 6.91. The number of nitrogen functional groups attached to an aromatic ring is 1. The van der Waals surface area contributed by atoms with Crippen molar-refractivity contribution in [2.75, 3.05) is 5.73 Å². The number of thiazole rings is 1. The fraction of sp³-hybridized carbons (Fsp3) is 0.133. The summed E-state index contributed by atoms with van der Waals surface area (Å²) in [5.74, 6) is 0. The van der Waals surface area contributed by atoms with Crippen LogP contribution in [0.25, 0.3) is 21.3 Å².